The molecule has 2 aromatic carbocycles. The lowest BCUT2D eigenvalue weighted by Gasteiger charge is -2.49. The lowest BCUT2D eigenvalue weighted by atomic mass is 9.52. The maximum atomic E-state index is 13.1. The van der Waals surface area contributed by atoms with Crippen molar-refractivity contribution in [1.82, 2.24) is 0 Å². The highest BCUT2D eigenvalue weighted by molar-refractivity contribution is 5.89. The van der Waals surface area contributed by atoms with E-state index in [4.69, 9.17) is 4.74 Å². The zero-order valence-electron chi connectivity index (χ0n) is 14.0. The fraction of sp³-hybridized carbons (Fsp3) is 0.409. The van der Waals surface area contributed by atoms with Gasteiger partial charge in [-0.15, -0.1) is 0 Å². The van der Waals surface area contributed by atoms with E-state index in [1.165, 1.54) is 28.7 Å². The van der Waals surface area contributed by atoms with Gasteiger partial charge < -0.3 is 4.74 Å². The first kappa shape index (κ1) is 14.3. The molecule has 5 rings (SSSR count). The van der Waals surface area contributed by atoms with E-state index in [0.717, 1.165) is 25.7 Å². The number of methoxy groups -OCH3 is 1. The van der Waals surface area contributed by atoms with Gasteiger partial charge in [-0.25, -0.2) is 0 Å². The molecule has 0 saturated heterocycles. The van der Waals surface area contributed by atoms with Gasteiger partial charge in [0.1, 0.15) is 0 Å². The summed E-state index contributed by atoms with van der Waals surface area (Å²) in [5.74, 6) is 0.534. The predicted molar refractivity (Wildman–Crippen MR) is 93.7 cm³/mol. The van der Waals surface area contributed by atoms with Crippen molar-refractivity contribution in [3.8, 4) is 11.1 Å². The maximum Gasteiger partial charge on any atom is 0.313 e. The van der Waals surface area contributed by atoms with E-state index in [1.807, 2.05) is 0 Å². The SMILES string of the molecule is COC(=O)C12CCCC(CC1)C21c2ccccc2-c2ccccc21. The molecule has 3 aliphatic rings. The van der Waals surface area contributed by atoms with Crippen LogP contribution in [-0.4, -0.2) is 13.1 Å². The van der Waals surface area contributed by atoms with Gasteiger partial charge >= 0.3 is 5.97 Å². The number of hydrogen-bond acceptors (Lipinski definition) is 2. The summed E-state index contributed by atoms with van der Waals surface area (Å²) in [4.78, 5) is 13.1. The minimum absolute atomic E-state index is 0.00351. The lowest BCUT2D eigenvalue weighted by molar-refractivity contribution is -0.158. The van der Waals surface area contributed by atoms with Crippen molar-refractivity contribution < 1.29 is 9.53 Å². The van der Waals surface area contributed by atoms with Crippen LogP contribution in [0.3, 0.4) is 0 Å². The molecule has 2 saturated carbocycles. The van der Waals surface area contributed by atoms with E-state index in [1.54, 1.807) is 7.11 Å². The molecule has 2 nitrogen and oxygen atoms in total. The van der Waals surface area contributed by atoms with Crippen LogP contribution in [0.25, 0.3) is 11.1 Å². The predicted octanol–water partition coefficient (Wildman–Crippen LogP) is 4.71. The molecule has 3 aliphatic carbocycles. The van der Waals surface area contributed by atoms with Crippen molar-refractivity contribution in [3.05, 3.63) is 59.7 Å². The van der Waals surface area contributed by atoms with Gasteiger partial charge in [0, 0.05) is 5.41 Å². The topological polar surface area (TPSA) is 26.3 Å². The minimum atomic E-state index is -0.395. The molecule has 0 heterocycles. The lowest BCUT2D eigenvalue weighted by Crippen LogP contribution is -2.52. The van der Waals surface area contributed by atoms with Gasteiger partial charge in [-0.2, -0.15) is 0 Å². The average Bonchev–Trinajstić information content (AvgIpc) is 3.01. The van der Waals surface area contributed by atoms with E-state index in [2.05, 4.69) is 48.5 Å². The minimum Gasteiger partial charge on any atom is -0.469 e. The second-order valence-electron chi connectivity index (χ2n) is 7.60. The zero-order valence-corrected chi connectivity index (χ0v) is 14.0. The summed E-state index contributed by atoms with van der Waals surface area (Å²) in [5, 5.41) is 0. The molecule has 2 fully saturated rings. The Balaban J connectivity index is 1.91. The molecule has 0 amide bonds. The first-order chi connectivity index (χ1) is 11.8. The van der Waals surface area contributed by atoms with Crippen LogP contribution in [0.1, 0.15) is 43.2 Å². The van der Waals surface area contributed by atoms with Gasteiger partial charge in [0.2, 0.25) is 0 Å². The van der Waals surface area contributed by atoms with Gasteiger partial charge in [0.25, 0.3) is 0 Å². The highest BCUT2D eigenvalue weighted by atomic mass is 16.5. The van der Waals surface area contributed by atoms with Gasteiger partial charge in [-0.05, 0) is 53.9 Å². The van der Waals surface area contributed by atoms with Crippen LogP contribution >= 0.6 is 0 Å². The Morgan fingerprint density at radius 3 is 2.21 bits per heavy atom. The normalized spacial score (nSPS) is 28.5. The Hall–Kier alpha value is -2.09. The third-order valence-corrected chi connectivity index (χ3v) is 7.01. The number of rotatable bonds is 1. The highest BCUT2D eigenvalue weighted by Crippen LogP contribution is 2.71. The molecular formula is C22H22O2. The smallest absolute Gasteiger partial charge is 0.313 e. The van der Waals surface area contributed by atoms with Crippen molar-refractivity contribution in [3.63, 3.8) is 0 Å². The summed E-state index contributed by atoms with van der Waals surface area (Å²) >= 11 is 0. The largest absolute Gasteiger partial charge is 0.469 e. The van der Waals surface area contributed by atoms with Crippen molar-refractivity contribution in [2.45, 2.75) is 37.5 Å². The molecule has 2 unspecified atom stereocenters. The van der Waals surface area contributed by atoms with Crippen LogP contribution in [0, 0.1) is 11.3 Å². The van der Waals surface area contributed by atoms with Crippen LogP contribution in [0.4, 0.5) is 0 Å². The molecule has 24 heavy (non-hydrogen) atoms. The summed E-state index contributed by atoms with van der Waals surface area (Å²) in [7, 11) is 1.56. The van der Waals surface area contributed by atoms with Crippen molar-refractivity contribution in [2.75, 3.05) is 7.11 Å². The van der Waals surface area contributed by atoms with Gasteiger partial charge in [-0.3, -0.25) is 4.79 Å². The number of benzene rings is 2. The fourth-order valence-electron chi connectivity index (χ4n) is 6.34. The summed E-state index contributed by atoms with van der Waals surface area (Å²) < 4.78 is 5.39. The quantitative estimate of drug-likeness (QED) is 0.712. The van der Waals surface area contributed by atoms with Crippen molar-refractivity contribution in [2.24, 2.45) is 11.3 Å². The van der Waals surface area contributed by atoms with Crippen LogP contribution in [-0.2, 0) is 14.9 Å². The van der Waals surface area contributed by atoms with Crippen LogP contribution in [0.2, 0.25) is 0 Å². The summed E-state index contributed by atoms with van der Waals surface area (Å²) in [5.41, 5.74) is 4.77. The van der Waals surface area contributed by atoms with E-state index >= 15 is 0 Å². The molecule has 2 heteroatoms. The van der Waals surface area contributed by atoms with Gasteiger partial charge in [0.05, 0.1) is 12.5 Å². The third kappa shape index (κ3) is 1.38. The summed E-state index contributed by atoms with van der Waals surface area (Å²) in [6.07, 6.45) is 5.36. The maximum absolute atomic E-state index is 13.1. The molecule has 2 atom stereocenters. The molecule has 2 aromatic rings. The van der Waals surface area contributed by atoms with Crippen LogP contribution in [0.15, 0.2) is 48.5 Å². The van der Waals surface area contributed by atoms with Gasteiger partial charge in [-0.1, -0.05) is 55.0 Å². The Bertz CT molecular complexity index is 788. The monoisotopic (exact) mass is 318 g/mol. The second kappa shape index (κ2) is 4.72. The summed E-state index contributed by atoms with van der Waals surface area (Å²) in [6.45, 7) is 0. The molecule has 0 aromatic heterocycles. The zero-order chi connectivity index (χ0) is 16.4. The molecule has 0 N–H and O–H groups in total. The molecular weight excluding hydrogens is 296 g/mol. The summed E-state index contributed by atoms with van der Waals surface area (Å²) in [6, 6.07) is 17.5. The van der Waals surface area contributed by atoms with Crippen molar-refractivity contribution >= 4 is 5.97 Å². The fourth-order valence-corrected chi connectivity index (χ4v) is 6.34. The standard InChI is InChI=1S/C22H22O2/c1-24-20(23)21-13-6-7-15(12-14-21)22(21)18-10-4-2-8-16(18)17-9-3-5-11-19(17)22/h2-5,8-11,15H,6-7,12-14H2,1H3. The Labute approximate surface area is 142 Å². The number of carbonyl (C=O) groups is 1. The average molecular weight is 318 g/mol. The Morgan fingerprint density at radius 2 is 1.58 bits per heavy atom. The van der Waals surface area contributed by atoms with Gasteiger partial charge in [0.15, 0.2) is 0 Å². The van der Waals surface area contributed by atoms with E-state index in [-0.39, 0.29) is 11.4 Å². The number of hydrogen-bond donors (Lipinski definition) is 0. The molecule has 1 spiro atoms. The number of fused-ring (bicyclic) bond motifs is 3. The number of carbonyl (C=O) groups excluding carboxylic acids is 1. The molecule has 0 radical (unpaired) electrons. The number of esters is 1. The first-order valence-electron chi connectivity index (χ1n) is 9.03. The van der Waals surface area contributed by atoms with E-state index < -0.39 is 5.41 Å². The Morgan fingerprint density at radius 1 is 0.958 bits per heavy atom. The van der Waals surface area contributed by atoms with E-state index in [9.17, 15) is 4.79 Å². The van der Waals surface area contributed by atoms with E-state index in [0.29, 0.717) is 5.92 Å². The highest BCUT2D eigenvalue weighted by Gasteiger charge is 2.69. The Kier molecular flexibility index (Phi) is 2.81. The van der Waals surface area contributed by atoms with Crippen LogP contribution < -0.4 is 0 Å². The first-order valence-corrected chi connectivity index (χ1v) is 9.03. The van der Waals surface area contributed by atoms with Crippen molar-refractivity contribution in [1.29, 1.82) is 0 Å². The third-order valence-electron chi connectivity index (χ3n) is 7.01. The second-order valence-corrected chi connectivity index (χ2v) is 7.60. The molecule has 122 valence electrons. The van der Waals surface area contributed by atoms with Crippen LogP contribution in [0.5, 0.6) is 0 Å². The number of ether oxygens (including phenoxy) is 1. The molecule has 0 aliphatic heterocycles. The molecule has 2 bridgehead atoms.